The molecule has 0 amide bonds. The van der Waals surface area contributed by atoms with Gasteiger partial charge in [-0.05, 0) is 43.5 Å². The fraction of sp³-hybridized carbons (Fsp3) is 0.474. The molecule has 0 atom stereocenters. The molecule has 1 aliphatic heterocycles. The Morgan fingerprint density at radius 3 is 2.91 bits per heavy atom. The number of carbonyl (C=O) groups excluding carboxylic acids is 1. The van der Waals surface area contributed by atoms with Crippen LogP contribution in [0.3, 0.4) is 0 Å². The maximum atomic E-state index is 13.0. The summed E-state index contributed by atoms with van der Waals surface area (Å²) in [5.41, 5.74) is 4.36. The molecule has 1 N–H and O–H groups in total. The summed E-state index contributed by atoms with van der Waals surface area (Å²) in [5.74, 6) is 0.429. The third kappa shape index (κ3) is 2.72. The molecule has 4 rings (SSSR count). The van der Waals surface area contributed by atoms with Crippen molar-refractivity contribution in [1.82, 2.24) is 14.9 Å². The monoisotopic (exact) mass is 309 g/mol. The summed E-state index contributed by atoms with van der Waals surface area (Å²) in [6.45, 7) is 1.88. The summed E-state index contributed by atoms with van der Waals surface area (Å²) in [6.07, 6.45) is 12.8. The third-order valence-electron chi connectivity index (χ3n) is 5.16. The second-order valence-electron chi connectivity index (χ2n) is 6.64. The molecule has 120 valence electrons. The van der Waals surface area contributed by atoms with E-state index in [4.69, 9.17) is 0 Å². The first kappa shape index (κ1) is 14.6. The first-order valence-electron chi connectivity index (χ1n) is 8.75. The van der Waals surface area contributed by atoms with Gasteiger partial charge in [0.25, 0.3) is 0 Å². The van der Waals surface area contributed by atoms with Crippen molar-refractivity contribution in [2.45, 2.75) is 38.5 Å². The van der Waals surface area contributed by atoms with Gasteiger partial charge in [0.1, 0.15) is 0 Å². The van der Waals surface area contributed by atoms with Crippen LogP contribution in [0.25, 0.3) is 16.6 Å². The van der Waals surface area contributed by atoms with E-state index in [0.29, 0.717) is 0 Å². The maximum absolute atomic E-state index is 13.0. The van der Waals surface area contributed by atoms with E-state index in [0.717, 1.165) is 48.9 Å². The van der Waals surface area contributed by atoms with E-state index < -0.39 is 0 Å². The average molecular weight is 309 g/mol. The molecule has 1 aliphatic carbocycles. The van der Waals surface area contributed by atoms with Gasteiger partial charge >= 0.3 is 0 Å². The molecular formula is C19H23N3O. The van der Waals surface area contributed by atoms with Crippen molar-refractivity contribution >= 4 is 22.5 Å². The minimum atomic E-state index is 0.175. The molecule has 23 heavy (non-hydrogen) atoms. The number of hydrogen-bond acceptors (Lipinski definition) is 3. The van der Waals surface area contributed by atoms with Gasteiger partial charge in [-0.3, -0.25) is 14.3 Å². The van der Waals surface area contributed by atoms with Crippen molar-refractivity contribution in [2.75, 3.05) is 13.1 Å². The number of fused-ring (bicyclic) bond motifs is 1. The molecule has 4 heteroatoms. The zero-order valence-electron chi connectivity index (χ0n) is 13.4. The number of aromatic nitrogens is 2. The van der Waals surface area contributed by atoms with Gasteiger partial charge in [-0.1, -0.05) is 25.3 Å². The van der Waals surface area contributed by atoms with E-state index in [1.165, 1.54) is 24.8 Å². The standard InChI is InChI=1S/C19H23N3O/c23-19(15-5-2-1-3-6-15)22-13-16(14-8-11-20-12-9-14)18-17(22)7-4-10-21-18/h4,7-8,10,13,15,20H,1-3,5-6,9,11-12H2. The Balaban J connectivity index is 1.77. The summed E-state index contributed by atoms with van der Waals surface area (Å²) >= 11 is 0. The highest BCUT2D eigenvalue weighted by molar-refractivity contribution is 5.98. The van der Waals surface area contributed by atoms with Crippen LogP contribution in [-0.2, 0) is 0 Å². The maximum Gasteiger partial charge on any atom is 0.234 e. The van der Waals surface area contributed by atoms with Crippen LogP contribution in [0, 0.1) is 5.92 Å². The van der Waals surface area contributed by atoms with E-state index in [2.05, 4.69) is 16.4 Å². The normalized spacial score (nSPS) is 19.7. The van der Waals surface area contributed by atoms with Gasteiger partial charge in [0.2, 0.25) is 5.91 Å². The number of nitrogens with zero attached hydrogens (tertiary/aromatic N) is 2. The van der Waals surface area contributed by atoms with Gasteiger partial charge in [-0.2, -0.15) is 0 Å². The highest BCUT2D eigenvalue weighted by Crippen LogP contribution is 2.31. The van der Waals surface area contributed by atoms with Crippen LogP contribution in [0.1, 0.15) is 48.9 Å². The molecule has 0 spiro atoms. The van der Waals surface area contributed by atoms with E-state index >= 15 is 0 Å². The molecule has 0 bridgehead atoms. The molecule has 0 unspecified atom stereocenters. The van der Waals surface area contributed by atoms with Crippen LogP contribution in [0.2, 0.25) is 0 Å². The van der Waals surface area contributed by atoms with Gasteiger partial charge in [0.15, 0.2) is 0 Å². The Bertz CT molecular complexity index is 753. The van der Waals surface area contributed by atoms with Crippen molar-refractivity contribution in [3.8, 4) is 0 Å². The zero-order valence-corrected chi connectivity index (χ0v) is 13.4. The molecular weight excluding hydrogens is 286 g/mol. The van der Waals surface area contributed by atoms with Crippen molar-refractivity contribution in [3.63, 3.8) is 0 Å². The number of rotatable bonds is 2. The van der Waals surface area contributed by atoms with Crippen LogP contribution in [-0.4, -0.2) is 28.5 Å². The Hall–Kier alpha value is -1.94. The molecule has 2 aromatic rings. The topological polar surface area (TPSA) is 46.9 Å². The molecule has 0 aromatic carbocycles. The quantitative estimate of drug-likeness (QED) is 0.921. The molecule has 1 fully saturated rings. The molecule has 2 aliphatic rings. The fourth-order valence-electron chi connectivity index (χ4n) is 3.89. The predicted molar refractivity (Wildman–Crippen MR) is 92.4 cm³/mol. The number of pyridine rings is 1. The van der Waals surface area contributed by atoms with Gasteiger partial charge in [0, 0.05) is 30.4 Å². The Kier molecular flexibility index (Phi) is 4.00. The SMILES string of the molecule is O=C(C1CCCCC1)n1cc(C2=CCNCC2)c2ncccc21. The van der Waals surface area contributed by atoms with Crippen molar-refractivity contribution < 1.29 is 4.79 Å². The number of nitrogens with one attached hydrogen (secondary N) is 1. The molecule has 3 heterocycles. The van der Waals surface area contributed by atoms with E-state index in [1.807, 2.05) is 29.1 Å². The minimum absolute atomic E-state index is 0.175. The summed E-state index contributed by atoms with van der Waals surface area (Å²) < 4.78 is 1.87. The van der Waals surface area contributed by atoms with E-state index in [9.17, 15) is 4.79 Å². The highest BCUT2D eigenvalue weighted by atomic mass is 16.2. The number of hydrogen-bond donors (Lipinski definition) is 1. The van der Waals surface area contributed by atoms with Crippen LogP contribution in [0.5, 0.6) is 0 Å². The summed E-state index contributed by atoms with van der Waals surface area (Å²) in [7, 11) is 0. The molecule has 0 radical (unpaired) electrons. The minimum Gasteiger partial charge on any atom is -0.313 e. The lowest BCUT2D eigenvalue weighted by molar-refractivity contribution is 0.0807. The largest absolute Gasteiger partial charge is 0.313 e. The lowest BCUT2D eigenvalue weighted by Crippen LogP contribution is -2.23. The molecule has 1 saturated carbocycles. The van der Waals surface area contributed by atoms with Gasteiger partial charge in [-0.15, -0.1) is 0 Å². The second-order valence-corrected chi connectivity index (χ2v) is 6.64. The van der Waals surface area contributed by atoms with Gasteiger partial charge in [-0.25, -0.2) is 0 Å². The van der Waals surface area contributed by atoms with Gasteiger partial charge in [0.05, 0.1) is 11.0 Å². The van der Waals surface area contributed by atoms with E-state index in [-0.39, 0.29) is 11.8 Å². The molecule has 4 nitrogen and oxygen atoms in total. The van der Waals surface area contributed by atoms with Crippen LogP contribution in [0.4, 0.5) is 0 Å². The van der Waals surface area contributed by atoms with Crippen molar-refractivity contribution in [1.29, 1.82) is 0 Å². The van der Waals surface area contributed by atoms with E-state index in [1.54, 1.807) is 0 Å². The Labute approximate surface area is 136 Å². The summed E-state index contributed by atoms with van der Waals surface area (Å²) in [5, 5.41) is 3.34. The van der Waals surface area contributed by atoms with Crippen LogP contribution < -0.4 is 5.32 Å². The van der Waals surface area contributed by atoms with Crippen LogP contribution >= 0.6 is 0 Å². The first-order chi connectivity index (χ1) is 11.3. The highest BCUT2D eigenvalue weighted by Gasteiger charge is 2.25. The zero-order chi connectivity index (χ0) is 15.6. The second kappa shape index (κ2) is 6.28. The van der Waals surface area contributed by atoms with Crippen molar-refractivity contribution in [2.24, 2.45) is 5.92 Å². The smallest absolute Gasteiger partial charge is 0.234 e. The first-order valence-corrected chi connectivity index (χ1v) is 8.75. The average Bonchev–Trinajstić information content (AvgIpc) is 3.02. The molecule has 0 saturated heterocycles. The van der Waals surface area contributed by atoms with Crippen molar-refractivity contribution in [3.05, 3.63) is 36.2 Å². The third-order valence-corrected chi connectivity index (χ3v) is 5.16. The van der Waals surface area contributed by atoms with Crippen LogP contribution in [0.15, 0.2) is 30.6 Å². The predicted octanol–water partition coefficient (Wildman–Crippen LogP) is 3.63. The molecule has 2 aromatic heterocycles. The Morgan fingerprint density at radius 1 is 1.26 bits per heavy atom. The lowest BCUT2D eigenvalue weighted by atomic mass is 9.88. The number of carbonyl (C=O) groups is 1. The summed E-state index contributed by atoms with van der Waals surface area (Å²) in [6, 6.07) is 3.95. The van der Waals surface area contributed by atoms with Gasteiger partial charge < -0.3 is 5.32 Å². The summed E-state index contributed by atoms with van der Waals surface area (Å²) in [4.78, 5) is 17.6. The lowest BCUT2D eigenvalue weighted by Gasteiger charge is -2.20. The fourth-order valence-corrected chi connectivity index (χ4v) is 3.89. The Morgan fingerprint density at radius 2 is 2.13 bits per heavy atom.